The van der Waals surface area contributed by atoms with Crippen molar-refractivity contribution >= 4 is 11.6 Å². The minimum Gasteiger partial charge on any atom is -0.497 e. The van der Waals surface area contributed by atoms with Crippen LogP contribution >= 0.6 is 0 Å². The maximum Gasteiger partial charge on any atom is 0.285 e. The number of nitro groups is 1. The van der Waals surface area contributed by atoms with Gasteiger partial charge in [0.15, 0.2) is 0 Å². The van der Waals surface area contributed by atoms with Gasteiger partial charge in [0.25, 0.3) is 11.6 Å². The van der Waals surface area contributed by atoms with Crippen molar-refractivity contribution in [2.24, 2.45) is 0 Å². The van der Waals surface area contributed by atoms with Gasteiger partial charge in [-0.15, -0.1) is 0 Å². The molecule has 1 atom stereocenters. The number of nitro benzene ring substituents is 1. The fraction of sp³-hybridized carbons (Fsp3) is 0.278. The van der Waals surface area contributed by atoms with E-state index in [1.54, 1.807) is 12.0 Å². The van der Waals surface area contributed by atoms with Crippen molar-refractivity contribution in [1.82, 2.24) is 4.90 Å². The molecule has 1 fully saturated rings. The molecule has 25 heavy (non-hydrogen) atoms. The summed E-state index contributed by atoms with van der Waals surface area (Å²) in [6.45, 7) is 0.976. The van der Waals surface area contributed by atoms with E-state index in [0.717, 1.165) is 29.9 Å². The topological polar surface area (TPSA) is 72.7 Å². The van der Waals surface area contributed by atoms with Gasteiger partial charge < -0.3 is 9.64 Å². The minimum absolute atomic E-state index is 0.0817. The molecule has 0 saturated carbocycles. The van der Waals surface area contributed by atoms with E-state index >= 15 is 0 Å². The smallest absolute Gasteiger partial charge is 0.285 e. The lowest BCUT2D eigenvalue weighted by Gasteiger charge is -2.17. The predicted octanol–water partition coefficient (Wildman–Crippen LogP) is 3.37. The quantitative estimate of drug-likeness (QED) is 0.630. The van der Waals surface area contributed by atoms with E-state index in [0.29, 0.717) is 13.1 Å². The molecule has 0 aliphatic carbocycles. The Labute approximate surface area is 144 Å². The highest BCUT2D eigenvalue weighted by Gasteiger charge is 2.31. The molecule has 0 N–H and O–H groups in total. The number of amides is 1. The molecule has 1 saturated heterocycles. The lowest BCUT2D eigenvalue weighted by atomic mass is 9.98. The van der Waals surface area contributed by atoms with Crippen molar-refractivity contribution in [3.8, 4) is 5.75 Å². The molecule has 3 rings (SSSR count). The number of rotatable bonds is 4. The molecule has 7 heteroatoms. The van der Waals surface area contributed by atoms with Gasteiger partial charge in [-0.25, -0.2) is 4.39 Å². The number of nitrogens with zero attached hydrogens (tertiary/aromatic N) is 2. The first kappa shape index (κ1) is 16.9. The normalized spacial score (nSPS) is 16.7. The Balaban J connectivity index is 1.77. The summed E-state index contributed by atoms with van der Waals surface area (Å²) in [6, 6.07) is 10.7. The maximum atomic E-state index is 13.3. The monoisotopic (exact) mass is 344 g/mol. The van der Waals surface area contributed by atoms with Gasteiger partial charge in [0.1, 0.15) is 17.1 Å². The van der Waals surface area contributed by atoms with E-state index in [-0.39, 0.29) is 11.5 Å². The van der Waals surface area contributed by atoms with Gasteiger partial charge in [0, 0.05) is 19.0 Å². The molecule has 1 aliphatic rings. The third-order valence-corrected chi connectivity index (χ3v) is 4.45. The standard InChI is InChI=1S/C18H17FN2O4/c1-25-15-5-2-12(3-6-15)13-8-9-20(11-13)18(22)16-7-4-14(19)10-17(16)21(23)24/h2-7,10,13H,8-9,11H2,1H3/t13-/m1/s1. The lowest BCUT2D eigenvalue weighted by molar-refractivity contribution is -0.385. The molecule has 0 bridgehead atoms. The van der Waals surface area contributed by atoms with Crippen LogP contribution in [-0.2, 0) is 0 Å². The van der Waals surface area contributed by atoms with Crippen molar-refractivity contribution in [3.63, 3.8) is 0 Å². The first-order valence-corrected chi connectivity index (χ1v) is 7.86. The SMILES string of the molecule is COc1ccc([C@@H]2CCN(C(=O)c3ccc(F)cc3[N+](=O)[O-])C2)cc1. The van der Waals surface area contributed by atoms with E-state index < -0.39 is 22.3 Å². The van der Waals surface area contributed by atoms with Crippen LogP contribution in [0, 0.1) is 15.9 Å². The Morgan fingerprint density at radius 1 is 1.28 bits per heavy atom. The van der Waals surface area contributed by atoms with Crippen LogP contribution in [-0.4, -0.2) is 35.9 Å². The summed E-state index contributed by atoms with van der Waals surface area (Å²) in [5, 5.41) is 11.1. The highest BCUT2D eigenvalue weighted by Crippen LogP contribution is 2.31. The second-order valence-electron chi connectivity index (χ2n) is 5.93. The fourth-order valence-corrected chi connectivity index (χ4v) is 3.10. The predicted molar refractivity (Wildman–Crippen MR) is 89.3 cm³/mol. The van der Waals surface area contributed by atoms with Crippen LogP contribution < -0.4 is 4.74 Å². The number of likely N-dealkylation sites (tertiary alicyclic amines) is 1. The lowest BCUT2D eigenvalue weighted by Crippen LogP contribution is -2.29. The number of hydrogen-bond acceptors (Lipinski definition) is 4. The van der Waals surface area contributed by atoms with Gasteiger partial charge in [0.2, 0.25) is 0 Å². The van der Waals surface area contributed by atoms with Crippen molar-refractivity contribution < 1.29 is 18.8 Å². The van der Waals surface area contributed by atoms with Gasteiger partial charge in [-0.3, -0.25) is 14.9 Å². The summed E-state index contributed by atoms with van der Waals surface area (Å²) in [5.41, 5.74) is 0.504. The average Bonchev–Trinajstić information content (AvgIpc) is 3.11. The Morgan fingerprint density at radius 3 is 2.64 bits per heavy atom. The first-order chi connectivity index (χ1) is 12.0. The zero-order valence-electron chi connectivity index (χ0n) is 13.6. The molecule has 0 radical (unpaired) electrons. The van der Waals surface area contributed by atoms with Gasteiger partial charge in [0.05, 0.1) is 18.1 Å². The Morgan fingerprint density at radius 2 is 2.00 bits per heavy atom. The van der Waals surface area contributed by atoms with E-state index in [9.17, 15) is 19.3 Å². The second kappa shape index (κ2) is 6.88. The van der Waals surface area contributed by atoms with Crippen LogP contribution in [0.4, 0.5) is 10.1 Å². The van der Waals surface area contributed by atoms with Crippen molar-refractivity contribution in [3.05, 3.63) is 69.5 Å². The summed E-state index contributed by atoms with van der Waals surface area (Å²) in [6.07, 6.45) is 0.771. The first-order valence-electron chi connectivity index (χ1n) is 7.86. The van der Waals surface area contributed by atoms with Crippen LogP contribution in [0.3, 0.4) is 0 Å². The molecule has 1 amide bonds. The molecule has 0 unspecified atom stereocenters. The Hall–Kier alpha value is -2.96. The summed E-state index contributed by atoms with van der Waals surface area (Å²) >= 11 is 0. The molecule has 1 heterocycles. The number of halogens is 1. The molecule has 6 nitrogen and oxygen atoms in total. The Bertz CT molecular complexity index is 807. The van der Waals surface area contributed by atoms with Crippen LogP contribution in [0.2, 0.25) is 0 Å². The zero-order valence-corrected chi connectivity index (χ0v) is 13.6. The largest absolute Gasteiger partial charge is 0.497 e. The number of benzene rings is 2. The van der Waals surface area contributed by atoms with Crippen molar-refractivity contribution in [2.75, 3.05) is 20.2 Å². The van der Waals surface area contributed by atoms with E-state index in [4.69, 9.17) is 4.74 Å². The fourth-order valence-electron chi connectivity index (χ4n) is 3.10. The molecule has 0 aromatic heterocycles. The molecule has 0 spiro atoms. The van der Waals surface area contributed by atoms with E-state index in [1.165, 1.54) is 6.07 Å². The molecular weight excluding hydrogens is 327 g/mol. The van der Waals surface area contributed by atoms with E-state index in [1.807, 2.05) is 24.3 Å². The van der Waals surface area contributed by atoms with Gasteiger partial charge >= 0.3 is 0 Å². The number of methoxy groups -OCH3 is 1. The van der Waals surface area contributed by atoms with Crippen LogP contribution in [0.1, 0.15) is 28.3 Å². The van der Waals surface area contributed by atoms with Gasteiger partial charge in [-0.1, -0.05) is 12.1 Å². The Kier molecular flexibility index (Phi) is 4.65. The number of carbonyl (C=O) groups excluding carboxylic acids is 1. The molecule has 1 aliphatic heterocycles. The average molecular weight is 344 g/mol. The van der Waals surface area contributed by atoms with Gasteiger partial charge in [-0.2, -0.15) is 0 Å². The zero-order chi connectivity index (χ0) is 18.0. The highest BCUT2D eigenvalue weighted by molar-refractivity contribution is 5.98. The highest BCUT2D eigenvalue weighted by atomic mass is 19.1. The summed E-state index contributed by atoms with van der Waals surface area (Å²) < 4.78 is 18.4. The summed E-state index contributed by atoms with van der Waals surface area (Å²) in [5.74, 6) is -0.255. The minimum atomic E-state index is -0.735. The molecule has 2 aromatic carbocycles. The summed E-state index contributed by atoms with van der Waals surface area (Å²) in [7, 11) is 1.60. The third kappa shape index (κ3) is 3.45. The van der Waals surface area contributed by atoms with E-state index in [2.05, 4.69) is 0 Å². The maximum absolute atomic E-state index is 13.3. The third-order valence-electron chi connectivity index (χ3n) is 4.45. The number of hydrogen-bond donors (Lipinski definition) is 0. The number of carbonyl (C=O) groups is 1. The van der Waals surface area contributed by atoms with Crippen LogP contribution in [0.25, 0.3) is 0 Å². The second-order valence-corrected chi connectivity index (χ2v) is 5.93. The number of ether oxygens (including phenoxy) is 1. The summed E-state index contributed by atoms with van der Waals surface area (Å²) in [4.78, 5) is 24.6. The van der Waals surface area contributed by atoms with Crippen molar-refractivity contribution in [2.45, 2.75) is 12.3 Å². The van der Waals surface area contributed by atoms with Crippen LogP contribution in [0.15, 0.2) is 42.5 Å². The molecular formula is C18H17FN2O4. The van der Waals surface area contributed by atoms with Crippen LogP contribution in [0.5, 0.6) is 5.75 Å². The van der Waals surface area contributed by atoms with Crippen molar-refractivity contribution in [1.29, 1.82) is 0 Å². The molecule has 130 valence electrons. The van der Waals surface area contributed by atoms with Gasteiger partial charge in [-0.05, 0) is 36.2 Å². The molecule has 2 aromatic rings.